The number of ether oxygens (including phenoxy) is 1. The molecule has 0 N–H and O–H groups in total. The Bertz CT molecular complexity index is 429. The number of carbonyl (C=O) groups excluding carboxylic acids is 1. The monoisotopic (exact) mass is 251 g/mol. The molecule has 0 spiro atoms. The van der Waals surface area contributed by atoms with Crippen molar-refractivity contribution in [1.29, 1.82) is 0 Å². The van der Waals surface area contributed by atoms with Crippen LogP contribution in [0.5, 0.6) is 0 Å². The van der Waals surface area contributed by atoms with Gasteiger partial charge in [0.1, 0.15) is 0 Å². The van der Waals surface area contributed by atoms with Crippen LogP contribution in [-0.4, -0.2) is 17.0 Å². The third kappa shape index (κ3) is 4.95. The van der Waals surface area contributed by atoms with Crippen molar-refractivity contribution in [2.45, 2.75) is 39.2 Å². The van der Waals surface area contributed by atoms with Gasteiger partial charge in [-0.15, -0.1) is 0 Å². The lowest BCUT2D eigenvalue weighted by Crippen LogP contribution is -2.11. The summed E-state index contributed by atoms with van der Waals surface area (Å²) in [5, 5.41) is 10.6. The predicted octanol–water partition coefficient (Wildman–Crippen LogP) is 2.87. The van der Waals surface area contributed by atoms with Crippen LogP contribution in [-0.2, 0) is 16.0 Å². The Labute approximate surface area is 106 Å². The Kier molecular flexibility index (Phi) is 5.30. The van der Waals surface area contributed by atoms with Crippen LogP contribution in [0.4, 0.5) is 5.69 Å². The largest absolute Gasteiger partial charge is 0.463 e. The van der Waals surface area contributed by atoms with Gasteiger partial charge < -0.3 is 4.74 Å². The molecule has 0 fully saturated rings. The van der Waals surface area contributed by atoms with E-state index in [1.54, 1.807) is 19.9 Å². The normalized spacial score (nSPS) is 10.4. The van der Waals surface area contributed by atoms with Crippen LogP contribution >= 0.6 is 0 Å². The van der Waals surface area contributed by atoms with Crippen molar-refractivity contribution < 1.29 is 14.5 Å². The molecule has 0 unspecified atom stereocenters. The summed E-state index contributed by atoms with van der Waals surface area (Å²) in [5.41, 5.74) is 0.943. The van der Waals surface area contributed by atoms with Crippen molar-refractivity contribution >= 4 is 11.7 Å². The molecule has 5 nitrogen and oxygen atoms in total. The Hall–Kier alpha value is -1.91. The maximum absolute atomic E-state index is 11.3. The van der Waals surface area contributed by atoms with E-state index in [0.717, 1.165) is 5.56 Å². The number of aryl methyl sites for hydroxylation is 1. The summed E-state index contributed by atoms with van der Waals surface area (Å²) in [7, 11) is 0. The van der Waals surface area contributed by atoms with Gasteiger partial charge in [0.2, 0.25) is 0 Å². The van der Waals surface area contributed by atoms with Crippen LogP contribution < -0.4 is 0 Å². The topological polar surface area (TPSA) is 69.4 Å². The summed E-state index contributed by atoms with van der Waals surface area (Å²) < 4.78 is 5.00. The maximum Gasteiger partial charge on any atom is 0.306 e. The average molecular weight is 251 g/mol. The first-order chi connectivity index (χ1) is 8.49. The van der Waals surface area contributed by atoms with E-state index >= 15 is 0 Å². The molecule has 0 aliphatic heterocycles. The van der Waals surface area contributed by atoms with Crippen LogP contribution in [0, 0.1) is 10.1 Å². The van der Waals surface area contributed by atoms with E-state index in [1.807, 2.05) is 6.07 Å². The number of nitro benzene ring substituents is 1. The highest BCUT2D eigenvalue weighted by Gasteiger charge is 2.08. The van der Waals surface area contributed by atoms with Crippen LogP contribution in [0.1, 0.15) is 32.3 Å². The Morgan fingerprint density at radius 1 is 1.44 bits per heavy atom. The zero-order chi connectivity index (χ0) is 13.5. The second-order valence-corrected chi connectivity index (χ2v) is 4.32. The van der Waals surface area contributed by atoms with Gasteiger partial charge in [-0.2, -0.15) is 0 Å². The standard InChI is InChI=1S/C13H17NO4/c1-10(2)18-13(15)8-4-6-11-5-3-7-12(9-11)14(16)17/h3,5,7,9-10H,4,6,8H2,1-2H3. The van der Waals surface area contributed by atoms with E-state index in [2.05, 4.69) is 0 Å². The Morgan fingerprint density at radius 2 is 2.17 bits per heavy atom. The van der Waals surface area contributed by atoms with E-state index < -0.39 is 4.92 Å². The number of hydrogen-bond acceptors (Lipinski definition) is 4. The first-order valence-corrected chi connectivity index (χ1v) is 5.92. The van der Waals surface area contributed by atoms with Crippen LogP contribution in [0.25, 0.3) is 0 Å². The fourth-order valence-electron chi connectivity index (χ4n) is 1.58. The van der Waals surface area contributed by atoms with Crippen molar-refractivity contribution in [3.63, 3.8) is 0 Å². The molecular weight excluding hydrogens is 234 g/mol. The van der Waals surface area contributed by atoms with Gasteiger partial charge in [0.25, 0.3) is 5.69 Å². The Balaban J connectivity index is 2.42. The predicted molar refractivity (Wildman–Crippen MR) is 67.3 cm³/mol. The molecule has 0 amide bonds. The van der Waals surface area contributed by atoms with Crippen LogP contribution in [0.3, 0.4) is 0 Å². The molecule has 1 aromatic rings. The molecule has 0 radical (unpaired) electrons. The first kappa shape index (κ1) is 14.2. The highest BCUT2D eigenvalue weighted by Crippen LogP contribution is 2.15. The number of carbonyl (C=O) groups is 1. The van der Waals surface area contributed by atoms with Crippen molar-refractivity contribution in [2.24, 2.45) is 0 Å². The molecule has 0 aliphatic rings. The van der Waals surface area contributed by atoms with Crippen LogP contribution in [0.2, 0.25) is 0 Å². The molecular formula is C13H17NO4. The van der Waals surface area contributed by atoms with Crippen molar-refractivity contribution in [3.8, 4) is 0 Å². The summed E-state index contributed by atoms with van der Waals surface area (Å²) in [6, 6.07) is 6.46. The third-order valence-electron chi connectivity index (χ3n) is 2.33. The second kappa shape index (κ2) is 6.74. The van der Waals surface area contributed by atoms with Crippen molar-refractivity contribution in [1.82, 2.24) is 0 Å². The molecule has 98 valence electrons. The molecule has 18 heavy (non-hydrogen) atoms. The summed E-state index contributed by atoms with van der Waals surface area (Å²) in [5.74, 6) is -0.226. The molecule has 0 aliphatic carbocycles. The molecule has 0 bridgehead atoms. The van der Waals surface area contributed by atoms with E-state index in [-0.39, 0.29) is 17.8 Å². The lowest BCUT2D eigenvalue weighted by atomic mass is 10.1. The maximum atomic E-state index is 11.3. The number of benzene rings is 1. The van der Waals surface area contributed by atoms with Gasteiger partial charge in [-0.25, -0.2) is 0 Å². The van der Waals surface area contributed by atoms with Crippen LogP contribution in [0.15, 0.2) is 24.3 Å². The van der Waals surface area contributed by atoms with E-state index in [9.17, 15) is 14.9 Å². The smallest absolute Gasteiger partial charge is 0.306 e. The molecule has 1 aromatic carbocycles. The molecule has 0 atom stereocenters. The fourth-order valence-corrected chi connectivity index (χ4v) is 1.58. The number of nitrogens with zero attached hydrogens (tertiary/aromatic N) is 1. The number of hydrogen-bond donors (Lipinski definition) is 0. The lowest BCUT2D eigenvalue weighted by molar-refractivity contribution is -0.384. The third-order valence-corrected chi connectivity index (χ3v) is 2.33. The molecule has 0 heterocycles. The number of esters is 1. The highest BCUT2D eigenvalue weighted by atomic mass is 16.6. The van der Waals surface area contributed by atoms with E-state index in [1.165, 1.54) is 12.1 Å². The number of rotatable bonds is 6. The Morgan fingerprint density at radius 3 is 2.78 bits per heavy atom. The summed E-state index contributed by atoms with van der Waals surface area (Å²) in [6.45, 7) is 3.61. The zero-order valence-electron chi connectivity index (χ0n) is 10.6. The van der Waals surface area contributed by atoms with E-state index in [0.29, 0.717) is 19.3 Å². The number of nitro groups is 1. The van der Waals surface area contributed by atoms with Crippen molar-refractivity contribution in [2.75, 3.05) is 0 Å². The second-order valence-electron chi connectivity index (χ2n) is 4.32. The minimum Gasteiger partial charge on any atom is -0.463 e. The molecule has 0 saturated heterocycles. The van der Waals surface area contributed by atoms with Gasteiger partial charge in [0.05, 0.1) is 11.0 Å². The quantitative estimate of drug-likeness (QED) is 0.443. The number of non-ortho nitro benzene ring substituents is 1. The molecule has 5 heteroatoms. The van der Waals surface area contributed by atoms with Gasteiger partial charge >= 0.3 is 5.97 Å². The molecule has 0 saturated carbocycles. The molecule has 0 aromatic heterocycles. The van der Waals surface area contributed by atoms with Gasteiger partial charge in [-0.3, -0.25) is 14.9 Å². The minimum absolute atomic E-state index is 0.0808. The fraction of sp³-hybridized carbons (Fsp3) is 0.462. The lowest BCUT2D eigenvalue weighted by Gasteiger charge is -2.07. The summed E-state index contributed by atoms with van der Waals surface area (Å²) >= 11 is 0. The highest BCUT2D eigenvalue weighted by molar-refractivity contribution is 5.69. The average Bonchev–Trinajstić information content (AvgIpc) is 2.28. The van der Waals surface area contributed by atoms with Crippen molar-refractivity contribution in [3.05, 3.63) is 39.9 Å². The van der Waals surface area contributed by atoms with Gasteiger partial charge in [-0.1, -0.05) is 12.1 Å². The van der Waals surface area contributed by atoms with E-state index in [4.69, 9.17) is 4.74 Å². The zero-order valence-corrected chi connectivity index (χ0v) is 10.6. The summed E-state index contributed by atoms with van der Waals surface area (Å²) in [4.78, 5) is 21.5. The van der Waals surface area contributed by atoms with Gasteiger partial charge in [0.15, 0.2) is 0 Å². The summed E-state index contributed by atoms with van der Waals surface area (Å²) in [6.07, 6.45) is 1.50. The SMILES string of the molecule is CC(C)OC(=O)CCCc1cccc([N+](=O)[O-])c1. The molecule has 1 rings (SSSR count). The van der Waals surface area contributed by atoms with Gasteiger partial charge in [-0.05, 0) is 32.3 Å². The van der Waals surface area contributed by atoms with Gasteiger partial charge in [0, 0.05) is 18.6 Å². The minimum atomic E-state index is -0.420. The first-order valence-electron chi connectivity index (χ1n) is 5.92.